The summed E-state index contributed by atoms with van der Waals surface area (Å²) in [4.78, 5) is 40.3. The highest BCUT2D eigenvalue weighted by atomic mass is 32.2. The van der Waals surface area contributed by atoms with Crippen molar-refractivity contribution in [2.24, 2.45) is 0 Å². The Bertz CT molecular complexity index is 784. The first-order valence-electron chi connectivity index (χ1n) is 8.90. The van der Waals surface area contributed by atoms with E-state index in [2.05, 4.69) is 0 Å². The molecule has 0 aliphatic carbocycles. The Kier molecular flexibility index (Phi) is 6.05. The number of hydrogen-bond acceptors (Lipinski definition) is 6. The van der Waals surface area contributed by atoms with Crippen molar-refractivity contribution in [1.82, 2.24) is 9.80 Å². The zero-order valence-electron chi connectivity index (χ0n) is 15.1. The molecule has 0 saturated carbocycles. The van der Waals surface area contributed by atoms with Crippen LogP contribution in [0.15, 0.2) is 23.1 Å². The second kappa shape index (κ2) is 8.47. The van der Waals surface area contributed by atoms with Crippen molar-refractivity contribution in [3.8, 4) is 11.5 Å². The lowest BCUT2D eigenvalue weighted by atomic mass is 10.2. The lowest BCUT2D eigenvalue weighted by molar-refractivity contribution is -0.135. The van der Waals surface area contributed by atoms with Crippen LogP contribution in [0.3, 0.4) is 0 Å². The summed E-state index contributed by atoms with van der Waals surface area (Å²) in [5.41, 5.74) is 0.619. The molecule has 27 heavy (non-hydrogen) atoms. The third-order valence-corrected chi connectivity index (χ3v) is 5.53. The van der Waals surface area contributed by atoms with Crippen molar-refractivity contribution in [3.63, 3.8) is 0 Å². The summed E-state index contributed by atoms with van der Waals surface area (Å²) in [5, 5.41) is 9.21. The summed E-state index contributed by atoms with van der Waals surface area (Å²) < 4.78 is 5.05. The maximum absolute atomic E-state index is 12.6. The first kappa shape index (κ1) is 19.3. The van der Waals surface area contributed by atoms with Crippen molar-refractivity contribution in [3.05, 3.63) is 28.7 Å². The predicted molar refractivity (Wildman–Crippen MR) is 102 cm³/mol. The fourth-order valence-corrected chi connectivity index (χ4v) is 3.97. The number of hydrogen-bond donors (Lipinski definition) is 1. The quantitative estimate of drug-likeness (QED) is 0.796. The smallest absolute Gasteiger partial charge is 0.294 e. The minimum absolute atomic E-state index is 0.00852. The number of thioether (sulfide) groups is 1. The molecule has 144 valence electrons. The van der Waals surface area contributed by atoms with Gasteiger partial charge in [0, 0.05) is 13.1 Å². The zero-order chi connectivity index (χ0) is 19.4. The van der Waals surface area contributed by atoms with E-state index in [1.165, 1.54) is 13.2 Å². The minimum atomic E-state index is -0.472. The molecule has 8 heteroatoms. The van der Waals surface area contributed by atoms with E-state index in [4.69, 9.17) is 4.74 Å². The number of amides is 3. The summed E-state index contributed by atoms with van der Waals surface area (Å²) in [7, 11) is 1.43. The van der Waals surface area contributed by atoms with Crippen molar-refractivity contribution in [1.29, 1.82) is 0 Å². The Morgan fingerprint density at radius 3 is 2.59 bits per heavy atom. The van der Waals surface area contributed by atoms with Crippen LogP contribution in [0.1, 0.15) is 31.2 Å². The van der Waals surface area contributed by atoms with Crippen LogP contribution in [-0.2, 0) is 9.59 Å². The number of ether oxygens (including phenoxy) is 1. The number of phenols is 1. The van der Waals surface area contributed by atoms with Gasteiger partial charge in [0.1, 0.15) is 6.54 Å². The molecule has 0 radical (unpaired) electrons. The number of imide groups is 1. The van der Waals surface area contributed by atoms with E-state index in [0.717, 1.165) is 42.3 Å². The Morgan fingerprint density at radius 2 is 1.93 bits per heavy atom. The fraction of sp³-hybridized carbons (Fsp3) is 0.421. The number of methoxy groups -OCH3 is 1. The van der Waals surface area contributed by atoms with Crippen molar-refractivity contribution >= 4 is 34.9 Å². The summed E-state index contributed by atoms with van der Waals surface area (Å²) >= 11 is 0.812. The van der Waals surface area contributed by atoms with Crippen LogP contribution in [0.2, 0.25) is 0 Å². The first-order valence-corrected chi connectivity index (χ1v) is 9.71. The second-order valence-corrected chi connectivity index (χ2v) is 7.49. The van der Waals surface area contributed by atoms with Gasteiger partial charge >= 0.3 is 0 Å². The molecule has 3 amide bonds. The average Bonchev–Trinajstić information content (AvgIpc) is 2.87. The highest BCUT2D eigenvalue weighted by Crippen LogP contribution is 2.34. The predicted octanol–water partition coefficient (Wildman–Crippen LogP) is 2.84. The standard InChI is InChI=1S/C19H22N2O5S/c1-26-15-10-13(6-7-14(15)22)11-16-18(24)21(19(25)27-16)12-17(23)20-8-4-2-3-5-9-20/h6-7,10-11,22H,2-5,8-9,12H2,1H3/b16-11-. The van der Waals surface area contributed by atoms with Crippen LogP contribution in [0.4, 0.5) is 4.79 Å². The van der Waals surface area contributed by atoms with Gasteiger partial charge in [-0.25, -0.2) is 0 Å². The van der Waals surface area contributed by atoms with Gasteiger partial charge in [-0.05, 0) is 48.4 Å². The molecule has 0 atom stereocenters. The normalized spacial score (nSPS) is 19.5. The average molecular weight is 390 g/mol. The number of likely N-dealkylation sites (tertiary alicyclic amines) is 1. The van der Waals surface area contributed by atoms with Crippen LogP contribution in [0, 0.1) is 0 Å². The third kappa shape index (κ3) is 4.44. The Labute approximate surface area is 162 Å². The summed E-state index contributed by atoms with van der Waals surface area (Å²) in [5.74, 6) is -0.392. The van der Waals surface area contributed by atoms with E-state index in [0.29, 0.717) is 18.7 Å². The van der Waals surface area contributed by atoms with Crippen LogP contribution >= 0.6 is 11.8 Å². The Hall–Kier alpha value is -2.48. The minimum Gasteiger partial charge on any atom is -0.504 e. The second-order valence-electron chi connectivity index (χ2n) is 6.49. The SMILES string of the molecule is COc1cc(/C=C2\SC(=O)N(CC(=O)N3CCCCCC3)C2=O)ccc1O. The molecular formula is C19H22N2O5S. The molecule has 2 fully saturated rings. The first-order chi connectivity index (χ1) is 13.0. The van der Waals surface area contributed by atoms with Crippen molar-refractivity contribution in [2.75, 3.05) is 26.7 Å². The largest absolute Gasteiger partial charge is 0.504 e. The van der Waals surface area contributed by atoms with E-state index >= 15 is 0 Å². The molecule has 0 unspecified atom stereocenters. The number of aromatic hydroxyl groups is 1. The molecular weight excluding hydrogens is 368 g/mol. The summed E-state index contributed by atoms with van der Waals surface area (Å²) in [6.07, 6.45) is 5.67. The van der Waals surface area contributed by atoms with Gasteiger partial charge in [-0.3, -0.25) is 19.3 Å². The molecule has 2 aliphatic rings. The molecule has 1 aromatic carbocycles. The van der Waals surface area contributed by atoms with Crippen LogP contribution < -0.4 is 4.74 Å². The molecule has 1 N–H and O–H groups in total. The fourth-order valence-electron chi connectivity index (χ4n) is 3.13. The summed E-state index contributed by atoms with van der Waals surface area (Å²) in [6, 6.07) is 4.65. The number of nitrogens with zero attached hydrogens (tertiary/aromatic N) is 2. The molecule has 2 aliphatic heterocycles. The lowest BCUT2D eigenvalue weighted by Crippen LogP contribution is -2.42. The van der Waals surface area contributed by atoms with Crippen molar-refractivity contribution < 1.29 is 24.2 Å². The molecule has 7 nitrogen and oxygen atoms in total. The Morgan fingerprint density at radius 1 is 1.22 bits per heavy atom. The number of carbonyl (C=O) groups is 3. The zero-order valence-corrected chi connectivity index (χ0v) is 16.0. The molecule has 1 aromatic rings. The van der Waals surface area contributed by atoms with Gasteiger partial charge in [0.2, 0.25) is 5.91 Å². The highest BCUT2D eigenvalue weighted by Gasteiger charge is 2.37. The monoisotopic (exact) mass is 390 g/mol. The topological polar surface area (TPSA) is 87.2 Å². The maximum Gasteiger partial charge on any atom is 0.294 e. The van der Waals surface area contributed by atoms with Gasteiger partial charge in [-0.1, -0.05) is 18.9 Å². The number of carbonyl (C=O) groups excluding carboxylic acids is 3. The van der Waals surface area contributed by atoms with Crippen molar-refractivity contribution in [2.45, 2.75) is 25.7 Å². The van der Waals surface area contributed by atoms with E-state index in [-0.39, 0.29) is 28.9 Å². The van der Waals surface area contributed by atoms with Gasteiger partial charge in [0.15, 0.2) is 11.5 Å². The van der Waals surface area contributed by atoms with Crippen LogP contribution in [0.5, 0.6) is 11.5 Å². The number of rotatable bonds is 4. The van der Waals surface area contributed by atoms with Crippen LogP contribution in [0.25, 0.3) is 6.08 Å². The van der Waals surface area contributed by atoms with E-state index < -0.39 is 11.1 Å². The van der Waals surface area contributed by atoms with Gasteiger partial charge in [0.25, 0.3) is 11.1 Å². The van der Waals surface area contributed by atoms with E-state index in [1.807, 2.05) is 0 Å². The molecule has 0 spiro atoms. The van der Waals surface area contributed by atoms with Crippen LogP contribution in [-0.4, -0.2) is 58.7 Å². The lowest BCUT2D eigenvalue weighted by Gasteiger charge is -2.22. The number of benzene rings is 1. The molecule has 2 saturated heterocycles. The number of phenolic OH excluding ortho intramolecular Hbond substituents is 1. The Balaban J connectivity index is 1.71. The van der Waals surface area contributed by atoms with Gasteiger partial charge in [-0.15, -0.1) is 0 Å². The molecule has 0 aromatic heterocycles. The highest BCUT2D eigenvalue weighted by molar-refractivity contribution is 8.18. The third-order valence-electron chi connectivity index (χ3n) is 4.63. The summed E-state index contributed by atoms with van der Waals surface area (Å²) in [6.45, 7) is 1.14. The van der Waals surface area contributed by atoms with Gasteiger partial charge < -0.3 is 14.7 Å². The van der Waals surface area contributed by atoms with E-state index in [1.54, 1.807) is 23.1 Å². The molecule has 0 bridgehead atoms. The molecule has 2 heterocycles. The van der Waals surface area contributed by atoms with E-state index in [9.17, 15) is 19.5 Å². The van der Waals surface area contributed by atoms with Gasteiger partial charge in [0.05, 0.1) is 12.0 Å². The molecule has 3 rings (SSSR count). The van der Waals surface area contributed by atoms with Gasteiger partial charge in [-0.2, -0.15) is 0 Å². The maximum atomic E-state index is 12.6.